The van der Waals surface area contributed by atoms with Gasteiger partial charge in [0.05, 0.1) is 5.25 Å². The Morgan fingerprint density at radius 1 is 1.53 bits per heavy atom. The number of rotatable bonds is 5. The van der Waals surface area contributed by atoms with E-state index in [1.165, 1.54) is 6.26 Å². The molecule has 0 heterocycles. The molecule has 0 aromatic heterocycles. The highest BCUT2D eigenvalue weighted by Crippen LogP contribution is 2.27. The van der Waals surface area contributed by atoms with Crippen LogP contribution in [0.3, 0.4) is 0 Å². The van der Waals surface area contributed by atoms with Crippen LogP contribution in [0.1, 0.15) is 32.6 Å². The van der Waals surface area contributed by atoms with E-state index in [0.29, 0.717) is 13.0 Å². The Kier molecular flexibility index (Phi) is 5.61. The third kappa shape index (κ3) is 4.65. The minimum Gasteiger partial charge on any atom is -0.409 e. The zero-order valence-electron chi connectivity index (χ0n) is 11.9. The summed E-state index contributed by atoms with van der Waals surface area (Å²) >= 11 is 0. The number of amidine groups is 1. The van der Waals surface area contributed by atoms with E-state index in [0.717, 1.165) is 19.3 Å². The van der Waals surface area contributed by atoms with Gasteiger partial charge in [0, 0.05) is 24.8 Å². The second-order valence-corrected chi connectivity index (χ2v) is 7.96. The van der Waals surface area contributed by atoms with E-state index in [9.17, 15) is 8.42 Å². The molecule has 0 saturated heterocycles. The van der Waals surface area contributed by atoms with E-state index < -0.39 is 9.84 Å². The second-order valence-electron chi connectivity index (χ2n) is 5.64. The van der Waals surface area contributed by atoms with Gasteiger partial charge in [0.1, 0.15) is 15.7 Å². The van der Waals surface area contributed by atoms with Gasteiger partial charge >= 0.3 is 0 Å². The van der Waals surface area contributed by atoms with Crippen molar-refractivity contribution in [2.75, 3.05) is 19.8 Å². The Bertz CT molecular complexity index is 422. The average molecular weight is 291 g/mol. The summed E-state index contributed by atoms with van der Waals surface area (Å²) in [4.78, 5) is 2.13. The molecule has 6 nitrogen and oxygen atoms in total. The summed E-state index contributed by atoms with van der Waals surface area (Å²) in [7, 11) is -0.988. The van der Waals surface area contributed by atoms with E-state index >= 15 is 0 Å². The fraction of sp³-hybridized carbons (Fsp3) is 0.917. The zero-order chi connectivity index (χ0) is 14.6. The third-order valence-corrected chi connectivity index (χ3v) is 5.65. The van der Waals surface area contributed by atoms with E-state index in [1.807, 2.05) is 14.0 Å². The molecule has 0 amide bonds. The van der Waals surface area contributed by atoms with Crippen molar-refractivity contribution in [3.05, 3.63) is 0 Å². The molecule has 7 heteroatoms. The molecule has 3 N–H and O–H groups in total. The first kappa shape index (κ1) is 16.2. The van der Waals surface area contributed by atoms with Crippen LogP contribution < -0.4 is 5.73 Å². The topological polar surface area (TPSA) is 96.0 Å². The highest BCUT2D eigenvalue weighted by molar-refractivity contribution is 7.91. The molecule has 1 rings (SSSR count). The first-order valence-corrected chi connectivity index (χ1v) is 8.57. The average Bonchev–Trinajstić information content (AvgIpc) is 2.36. The lowest BCUT2D eigenvalue weighted by molar-refractivity contribution is 0.182. The first-order valence-electron chi connectivity index (χ1n) is 6.62. The molecule has 0 radical (unpaired) electrons. The van der Waals surface area contributed by atoms with E-state index in [-0.39, 0.29) is 23.0 Å². The van der Waals surface area contributed by atoms with Crippen LogP contribution in [0.4, 0.5) is 0 Å². The van der Waals surface area contributed by atoms with Crippen LogP contribution in [0.15, 0.2) is 5.16 Å². The largest absolute Gasteiger partial charge is 0.409 e. The maximum absolute atomic E-state index is 11.6. The SMILES string of the molecule is CC(CN(C)C1CCCC(S(C)(=O)=O)C1)C(N)=NO. The van der Waals surface area contributed by atoms with Crippen LogP contribution in [0.5, 0.6) is 0 Å². The maximum atomic E-state index is 11.6. The van der Waals surface area contributed by atoms with Gasteiger partial charge in [-0.25, -0.2) is 8.42 Å². The van der Waals surface area contributed by atoms with Crippen LogP contribution in [0.2, 0.25) is 0 Å². The molecule has 1 aliphatic carbocycles. The molecule has 0 spiro atoms. The van der Waals surface area contributed by atoms with Gasteiger partial charge in [0.25, 0.3) is 0 Å². The molecule has 0 aromatic carbocycles. The van der Waals surface area contributed by atoms with Crippen molar-refractivity contribution in [2.45, 2.75) is 43.9 Å². The van der Waals surface area contributed by atoms with E-state index in [2.05, 4.69) is 10.1 Å². The number of sulfone groups is 1. The molecule has 3 atom stereocenters. The summed E-state index contributed by atoms with van der Waals surface area (Å²) < 4.78 is 23.3. The van der Waals surface area contributed by atoms with Crippen molar-refractivity contribution in [2.24, 2.45) is 16.8 Å². The molecule has 1 saturated carbocycles. The van der Waals surface area contributed by atoms with Crippen LogP contribution in [0, 0.1) is 5.92 Å². The molecular formula is C12H25N3O3S. The lowest BCUT2D eigenvalue weighted by atomic mass is 9.93. The predicted octanol–water partition coefficient (Wildman–Crippen LogP) is 0.657. The number of hydrogen-bond acceptors (Lipinski definition) is 5. The Hall–Kier alpha value is -0.820. The van der Waals surface area contributed by atoms with Crippen molar-refractivity contribution >= 4 is 15.7 Å². The minimum atomic E-state index is -2.96. The summed E-state index contributed by atoms with van der Waals surface area (Å²) in [5.74, 6) is 0.163. The van der Waals surface area contributed by atoms with E-state index in [1.54, 1.807) is 0 Å². The van der Waals surface area contributed by atoms with Crippen molar-refractivity contribution in [3.63, 3.8) is 0 Å². The standard InChI is InChI=1S/C12H25N3O3S/c1-9(12(13)14-16)8-15(2)10-5-4-6-11(7-10)19(3,17)18/h9-11,16H,4-8H2,1-3H3,(H2,13,14). The van der Waals surface area contributed by atoms with Crippen molar-refractivity contribution < 1.29 is 13.6 Å². The zero-order valence-corrected chi connectivity index (χ0v) is 12.7. The summed E-state index contributed by atoms with van der Waals surface area (Å²) in [6, 6.07) is 0.252. The number of hydrogen-bond donors (Lipinski definition) is 2. The van der Waals surface area contributed by atoms with Gasteiger partial charge in [-0.2, -0.15) is 0 Å². The van der Waals surface area contributed by atoms with Gasteiger partial charge < -0.3 is 15.8 Å². The summed E-state index contributed by atoms with van der Waals surface area (Å²) in [5, 5.41) is 11.4. The Balaban J connectivity index is 2.60. The first-order chi connectivity index (χ1) is 8.75. The van der Waals surface area contributed by atoms with Gasteiger partial charge in [-0.3, -0.25) is 0 Å². The van der Waals surface area contributed by atoms with Crippen molar-refractivity contribution in [1.29, 1.82) is 0 Å². The molecule has 0 bridgehead atoms. The van der Waals surface area contributed by atoms with Crippen LogP contribution in [-0.4, -0.2) is 55.5 Å². The Morgan fingerprint density at radius 2 is 2.16 bits per heavy atom. The second kappa shape index (κ2) is 6.56. The molecule has 1 fully saturated rings. The molecule has 19 heavy (non-hydrogen) atoms. The summed E-state index contributed by atoms with van der Waals surface area (Å²) in [5.41, 5.74) is 5.57. The minimum absolute atomic E-state index is 0.0476. The molecule has 0 aliphatic heterocycles. The van der Waals surface area contributed by atoms with Crippen molar-refractivity contribution in [1.82, 2.24) is 4.90 Å². The number of nitrogens with two attached hydrogens (primary N) is 1. The monoisotopic (exact) mass is 291 g/mol. The van der Waals surface area contributed by atoms with Crippen molar-refractivity contribution in [3.8, 4) is 0 Å². The summed E-state index contributed by atoms with van der Waals surface area (Å²) in [6.45, 7) is 2.56. The van der Waals surface area contributed by atoms with Crippen LogP contribution >= 0.6 is 0 Å². The van der Waals surface area contributed by atoms with Gasteiger partial charge in [-0.1, -0.05) is 18.5 Å². The predicted molar refractivity (Wildman–Crippen MR) is 76.1 cm³/mol. The normalized spacial score (nSPS) is 27.5. The molecule has 112 valence electrons. The highest BCUT2D eigenvalue weighted by atomic mass is 32.2. The highest BCUT2D eigenvalue weighted by Gasteiger charge is 2.31. The maximum Gasteiger partial charge on any atom is 0.150 e. The Morgan fingerprint density at radius 3 is 2.68 bits per heavy atom. The number of nitrogens with zero attached hydrogens (tertiary/aromatic N) is 2. The van der Waals surface area contributed by atoms with Gasteiger partial charge in [0.2, 0.25) is 0 Å². The molecule has 0 aromatic rings. The molecular weight excluding hydrogens is 266 g/mol. The lowest BCUT2D eigenvalue weighted by Crippen LogP contribution is -2.43. The fourth-order valence-electron chi connectivity index (χ4n) is 2.68. The molecule has 3 unspecified atom stereocenters. The smallest absolute Gasteiger partial charge is 0.150 e. The quantitative estimate of drug-likeness (QED) is 0.336. The third-order valence-electron chi connectivity index (χ3n) is 4.01. The van der Waals surface area contributed by atoms with Gasteiger partial charge in [-0.05, 0) is 26.3 Å². The van der Waals surface area contributed by atoms with Gasteiger partial charge in [0.15, 0.2) is 0 Å². The molecule has 1 aliphatic rings. The van der Waals surface area contributed by atoms with Crippen LogP contribution in [-0.2, 0) is 9.84 Å². The van der Waals surface area contributed by atoms with E-state index in [4.69, 9.17) is 10.9 Å². The Labute approximate surface area is 115 Å². The van der Waals surface area contributed by atoms with Crippen LogP contribution in [0.25, 0.3) is 0 Å². The lowest BCUT2D eigenvalue weighted by Gasteiger charge is -2.35. The summed E-state index contributed by atoms with van der Waals surface area (Å²) in [6.07, 6.45) is 4.70. The van der Waals surface area contributed by atoms with Gasteiger partial charge in [-0.15, -0.1) is 0 Å². The fourth-order valence-corrected chi connectivity index (χ4v) is 3.85. The number of oxime groups is 1.